The average molecular weight is 603 g/mol. The van der Waals surface area contributed by atoms with Crippen LogP contribution in [-0.2, 0) is 11.4 Å². The highest BCUT2D eigenvalue weighted by Gasteiger charge is 2.24. The second-order valence-corrected chi connectivity index (χ2v) is 13.2. The zero-order valence-corrected chi connectivity index (χ0v) is 25.8. The first-order valence-corrected chi connectivity index (χ1v) is 16.8. The van der Waals surface area contributed by atoms with Gasteiger partial charge in [0.1, 0.15) is 22.9 Å². The monoisotopic (exact) mass is 602 g/mol. The molecular formula is C32H30N2O2S4. The summed E-state index contributed by atoms with van der Waals surface area (Å²) in [4.78, 5) is 7.31. The maximum atomic E-state index is 5.84. The Bertz CT molecular complexity index is 1540. The third-order valence-corrected chi connectivity index (χ3v) is 10.9. The van der Waals surface area contributed by atoms with E-state index in [9.17, 15) is 0 Å². The number of rotatable bonds is 12. The average Bonchev–Trinajstić information content (AvgIpc) is 3.79. The van der Waals surface area contributed by atoms with Gasteiger partial charge in [0.2, 0.25) is 0 Å². The molecule has 0 fully saturated rings. The number of hydrogen-bond acceptors (Lipinski definition) is 7. The van der Waals surface area contributed by atoms with Crippen LogP contribution in [0.5, 0.6) is 11.5 Å². The van der Waals surface area contributed by atoms with Crippen molar-refractivity contribution in [1.82, 2.24) is 0 Å². The van der Waals surface area contributed by atoms with Crippen molar-refractivity contribution < 1.29 is 9.47 Å². The van der Waals surface area contributed by atoms with Gasteiger partial charge in [0.05, 0.1) is 34.3 Å². The summed E-state index contributed by atoms with van der Waals surface area (Å²) in [5.41, 5.74) is 4.41. The zero-order valence-electron chi connectivity index (χ0n) is 22.5. The molecule has 0 bridgehead atoms. The van der Waals surface area contributed by atoms with Crippen LogP contribution in [0.2, 0.25) is 0 Å². The third-order valence-electron chi connectivity index (χ3n) is 6.59. The molecule has 0 saturated carbocycles. The highest BCUT2D eigenvalue weighted by molar-refractivity contribution is 7.58. The molecule has 0 amide bonds. The van der Waals surface area contributed by atoms with Gasteiger partial charge in [-0.15, -0.1) is 34.0 Å². The molecule has 4 heterocycles. The number of ether oxygens (including phenoxy) is 2. The second-order valence-electron chi connectivity index (χ2n) is 9.50. The molecule has 0 N–H and O–H groups in total. The summed E-state index contributed by atoms with van der Waals surface area (Å²) in [5.74, 6) is 1.86. The molecule has 3 aromatic heterocycles. The van der Waals surface area contributed by atoms with E-state index in [1.165, 1.54) is 51.7 Å². The fraction of sp³-hybridized carbons (Fsp3) is 0.250. The molecule has 1 aliphatic rings. The Labute approximate surface area is 251 Å². The lowest BCUT2D eigenvalue weighted by Gasteiger charge is -2.05. The highest BCUT2D eigenvalue weighted by atomic mass is 32.1. The quantitative estimate of drug-likeness (QED) is 0.131. The predicted octanol–water partition coefficient (Wildman–Crippen LogP) is 11.6. The van der Waals surface area contributed by atoms with Crippen LogP contribution in [0.1, 0.15) is 39.5 Å². The van der Waals surface area contributed by atoms with Crippen LogP contribution >= 0.6 is 34.0 Å². The largest absolute Gasteiger partial charge is 0.494 e. The van der Waals surface area contributed by atoms with Gasteiger partial charge in [0.25, 0.3) is 0 Å². The molecule has 4 nitrogen and oxygen atoms in total. The van der Waals surface area contributed by atoms with Gasteiger partial charge in [-0.3, -0.25) is 0 Å². The minimum atomic E-state index is 0.767. The first kappa shape index (κ1) is 27.1. The number of benzene rings is 2. The number of unbranched alkanes of at least 4 members (excludes halogenated alkanes) is 2. The van der Waals surface area contributed by atoms with Gasteiger partial charge in [-0.1, -0.05) is 26.7 Å². The van der Waals surface area contributed by atoms with E-state index < -0.39 is 0 Å². The first-order chi connectivity index (χ1) is 19.7. The summed E-state index contributed by atoms with van der Waals surface area (Å²) in [5, 5.41) is 0. The van der Waals surface area contributed by atoms with Crippen molar-refractivity contribution in [2.24, 2.45) is 8.73 Å². The van der Waals surface area contributed by atoms with Crippen molar-refractivity contribution in [3.05, 3.63) is 72.8 Å². The Morgan fingerprint density at radius 3 is 1.38 bits per heavy atom. The minimum absolute atomic E-state index is 0.767. The molecule has 0 radical (unpaired) electrons. The number of thiophene rings is 3. The van der Waals surface area contributed by atoms with E-state index in [1.807, 2.05) is 0 Å². The maximum absolute atomic E-state index is 5.84. The zero-order chi connectivity index (χ0) is 27.3. The summed E-state index contributed by atoms with van der Waals surface area (Å²) < 4.78 is 21.1. The Balaban J connectivity index is 1.22. The molecule has 8 heteroatoms. The lowest BCUT2D eigenvalue weighted by atomic mass is 10.2. The summed E-state index contributed by atoms with van der Waals surface area (Å²) >= 11 is 6.69. The molecule has 0 spiro atoms. The fourth-order valence-electron chi connectivity index (χ4n) is 4.35. The molecular weight excluding hydrogens is 573 g/mol. The topological polar surface area (TPSA) is 43.2 Å². The molecule has 0 aliphatic carbocycles. The van der Waals surface area contributed by atoms with Gasteiger partial charge in [0.15, 0.2) is 0 Å². The second kappa shape index (κ2) is 12.6. The van der Waals surface area contributed by atoms with E-state index in [-0.39, 0.29) is 0 Å². The number of nitrogens with zero attached hydrogens (tertiary/aromatic N) is 2. The Morgan fingerprint density at radius 2 is 0.950 bits per heavy atom. The lowest BCUT2D eigenvalue weighted by Crippen LogP contribution is -1.95. The fourth-order valence-corrected chi connectivity index (χ4v) is 8.45. The molecule has 6 rings (SSSR count). The van der Waals surface area contributed by atoms with Gasteiger partial charge in [-0.2, -0.15) is 8.73 Å². The van der Waals surface area contributed by atoms with Crippen molar-refractivity contribution in [3.8, 4) is 51.9 Å². The predicted molar refractivity (Wildman–Crippen MR) is 174 cm³/mol. The van der Waals surface area contributed by atoms with E-state index in [4.69, 9.17) is 18.2 Å². The van der Waals surface area contributed by atoms with E-state index >= 15 is 0 Å². The van der Waals surface area contributed by atoms with E-state index in [0.717, 1.165) is 61.8 Å². The maximum Gasteiger partial charge on any atom is 0.124 e. The van der Waals surface area contributed by atoms with E-state index in [0.29, 0.717) is 0 Å². The molecule has 40 heavy (non-hydrogen) atoms. The molecule has 0 atom stereocenters. The van der Waals surface area contributed by atoms with Crippen molar-refractivity contribution in [2.75, 3.05) is 13.2 Å². The van der Waals surface area contributed by atoms with Gasteiger partial charge in [-0.25, -0.2) is 0 Å². The molecule has 204 valence electrons. The van der Waals surface area contributed by atoms with Crippen LogP contribution < -0.4 is 9.47 Å². The third kappa shape index (κ3) is 5.86. The van der Waals surface area contributed by atoms with Gasteiger partial charge < -0.3 is 9.47 Å². The molecule has 0 saturated heterocycles. The standard InChI is InChI=1S/C32H30N2O2S4/c1-3-5-19-35-23-11-7-21(8-12-23)25-15-17-27(37-25)31-29-30(34-40-33-29)32(39-31)28-18-16-26(38-28)22-9-13-24(14-10-22)36-20-6-4-2/h7-18H,3-6,19-20H2,1-2H3. The minimum Gasteiger partial charge on any atom is -0.494 e. The summed E-state index contributed by atoms with van der Waals surface area (Å²) in [6, 6.07) is 25.7. The Kier molecular flexibility index (Phi) is 8.58. The van der Waals surface area contributed by atoms with Crippen LogP contribution in [0.4, 0.5) is 11.4 Å². The van der Waals surface area contributed by atoms with Crippen molar-refractivity contribution in [3.63, 3.8) is 0 Å². The number of hydrogen-bond donors (Lipinski definition) is 0. The summed E-state index contributed by atoms with van der Waals surface area (Å²) in [6.07, 6.45) is 4.43. The summed E-state index contributed by atoms with van der Waals surface area (Å²) in [6.45, 7) is 5.89. The van der Waals surface area contributed by atoms with Gasteiger partial charge in [-0.05, 0) is 96.8 Å². The van der Waals surface area contributed by atoms with Gasteiger partial charge in [0, 0.05) is 19.5 Å². The number of fused-ring (bicyclic) bond motifs is 1. The molecule has 0 unspecified atom stereocenters. The normalized spacial score (nSPS) is 11.9. The van der Waals surface area contributed by atoms with E-state index in [2.05, 4.69) is 86.6 Å². The molecule has 2 aromatic carbocycles. The first-order valence-electron chi connectivity index (χ1n) is 13.7. The van der Waals surface area contributed by atoms with Crippen LogP contribution in [0.3, 0.4) is 0 Å². The highest BCUT2D eigenvalue weighted by Crippen LogP contribution is 2.56. The summed E-state index contributed by atoms with van der Waals surface area (Å²) in [7, 11) is 0. The van der Waals surface area contributed by atoms with Gasteiger partial charge >= 0.3 is 0 Å². The van der Waals surface area contributed by atoms with Crippen molar-refractivity contribution in [1.29, 1.82) is 0 Å². The molecule has 1 aliphatic heterocycles. The SMILES string of the molecule is CCCCOc1ccc(-c2ccc(-c3sc(-c4ccc(-c5ccc(OCCCC)cc5)s4)c4c3N=S=N4)s2)cc1. The smallest absolute Gasteiger partial charge is 0.124 e. The Hall–Kier alpha value is -3.04. The van der Waals surface area contributed by atoms with Crippen LogP contribution in [0, 0.1) is 0 Å². The lowest BCUT2D eigenvalue weighted by molar-refractivity contribution is 0.309. The van der Waals surface area contributed by atoms with Crippen molar-refractivity contribution >= 4 is 56.7 Å². The molecule has 5 aromatic rings. The van der Waals surface area contributed by atoms with Crippen LogP contribution in [-0.4, -0.2) is 13.2 Å². The van der Waals surface area contributed by atoms with Crippen LogP contribution in [0.25, 0.3) is 40.4 Å². The van der Waals surface area contributed by atoms with Crippen LogP contribution in [0.15, 0.2) is 81.5 Å². The Morgan fingerprint density at radius 1 is 0.525 bits per heavy atom. The van der Waals surface area contributed by atoms with Crippen molar-refractivity contribution in [2.45, 2.75) is 39.5 Å². The van der Waals surface area contributed by atoms with E-state index in [1.54, 1.807) is 34.0 Å².